The Morgan fingerprint density at radius 1 is 1.16 bits per heavy atom. The molecule has 25 heavy (non-hydrogen) atoms. The number of nitrogens with zero attached hydrogens (tertiary/aromatic N) is 1. The summed E-state index contributed by atoms with van der Waals surface area (Å²) in [6, 6.07) is 14.7. The Bertz CT molecular complexity index is 827. The van der Waals surface area contributed by atoms with Crippen molar-refractivity contribution in [2.24, 2.45) is 0 Å². The highest BCUT2D eigenvalue weighted by atomic mass is 16.5. The first kappa shape index (κ1) is 16.8. The molecule has 0 radical (unpaired) electrons. The number of methoxy groups -OCH3 is 1. The lowest BCUT2D eigenvalue weighted by Gasteiger charge is -2.13. The fraction of sp³-hybridized carbons (Fsp3) is 0.200. The van der Waals surface area contributed by atoms with Crippen molar-refractivity contribution in [1.82, 2.24) is 4.90 Å². The number of phenols is 1. The predicted molar refractivity (Wildman–Crippen MR) is 94.4 cm³/mol. The molecule has 1 aliphatic rings. The summed E-state index contributed by atoms with van der Waals surface area (Å²) in [7, 11) is 1.46. The Morgan fingerprint density at radius 3 is 2.64 bits per heavy atom. The number of phenolic OH excluding ortho intramolecular Hbond substituents is 1. The molecule has 2 aromatic carbocycles. The van der Waals surface area contributed by atoms with Crippen LogP contribution in [0.4, 0.5) is 0 Å². The van der Waals surface area contributed by atoms with Gasteiger partial charge in [0.25, 0.3) is 5.91 Å². The quantitative estimate of drug-likeness (QED) is 0.672. The maximum atomic E-state index is 12.2. The van der Waals surface area contributed by atoms with Gasteiger partial charge in [0.1, 0.15) is 0 Å². The smallest absolute Gasteiger partial charge is 0.294 e. The van der Waals surface area contributed by atoms with Crippen molar-refractivity contribution in [2.45, 2.75) is 6.42 Å². The van der Waals surface area contributed by atoms with Crippen LogP contribution in [0.3, 0.4) is 0 Å². The zero-order valence-corrected chi connectivity index (χ0v) is 13.9. The Morgan fingerprint density at radius 2 is 1.92 bits per heavy atom. The number of likely N-dealkylation sites (tertiary alicyclic amines) is 1. The lowest BCUT2D eigenvalue weighted by molar-refractivity contribution is -0.139. The van der Waals surface area contributed by atoms with Crippen LogP contribution < -0.4 is 4.74 Å². The number of ether oxygens (including phenoxy) is 1. The fourth-order valence-corrected chi connectivity index (χ4v) is 2.82. The summed E-state index contributed by atoms with van der Waals surface area (Å²) in [4.78, 5) is 26.0. The Kier molecular flexibility index (Phi) is 4.84. The van der Waals surface area contributed by atoms with E-state index in [1.807, 2.05) is 30.3 Å². The molecular weight excluding hydrogens is 318 g/mol. The first-order chi connectivity index (χ1) is 12.1. The van der Waals surface area contributed by atoms with E-state index in [-0.39, 0.29) is 5.75 Å². The second-order valence-electron chi connectivity index (χ2n) is 5.89. The lowest BCUT2D eigenvalue weighted by atomic mass is 10.1. The standard InChI is InChI=1S/C20H19NO4/c1-25-18-12-15(7-8-17(18)22)11-16-13-21(20(24)19(16)23)10-9-14-5-3-2-4-6-14/h2-8,11-12,22H,9-10,13H2,1H3. The van der Waals surface area contributed by atoms with E-state index in [1.165, 1.54) is 13.2 Å². The topological polar surface area (TPSA) is 66.8 Å². The summed E-state index contributed by atoms with van der Waals surface area (Å²) in [6.07, 6.45) is 2.38. The van der Waals surface area contributed by atoms with E-state index in [4.69, 9.17) is 4.74 Å². The number of ketones is 1. The second kappa shape index (κ2) is 7.21. The number of benzene rings is 2. The van der Waals surface area contributed by atoms with E-state index in [0.29, 0.717) is 36.4 Å². The molecule has 5 heteroatoms. The van der Waals surface area contributed by atoms with Gasteiger partial charge in [0.05, 0.1) is 13.7 Å². The number of hydrogen-bond acceptors (Lipinski definition) is 4. The predicted octanol–water partition coefficient (Wildman–Crippen LogP) is 2.44. The summed E-state index contributed by atoms with van der Waals surface area (Å²) < 4.78 is 5.07. The first-order valence-corrected chi connectivity index (χ1v) is 8.03. The van der Waals surface area contributed by atoms with Crippen LogP contribution in [0.15, 0.2) is 54.1 Å². The summed E-state index contributed by atoms with van der Waals surface area (Å²) in [5.41, 5.74) is 2.28. The maximum absolute atomic E-state index is 12.2. The normalized spacial score (nSPS) is 15.9. The van der Waals surface area contributed by atoms with Crippen molar-refractivity contribution in [3.05, 3.63) is 65.2 Å². The summed E-state index contributed by atoms with van der Waals surface area (Å²) in [6.45, 7) is 0.804. The molecule has 1 N–H and O–H groups in total. The largest absolute Gasteiger partial charge is 0.504 e. The minimum absolute atomic E-state index is 0.0305. The van der Waals surface area contributed by atoms with Crippen molar-refractivity contribution in [1.29, 1.82) is 0 Å². The van der Waals surface area contributed by atoms with Gasteiger partial charge < -0.3 is 14.7 Å². The van der Waals surface area contributed by atoms with E-state index in [0.717, 1.165) is 5.56 Å². The molecule has 0 saturated carbocycles. The van der Waals surface area contributed by atoms with Crippen LogP contribution in [0.2, 0.25) is 0 Å². The zero-order valence-electron chi connectivity index (χ0n) is 13.9. The van der Waals surface area contributed by atoms with Gasteiger partial charge in [0.2, 0.25) is 5.78 Å². The molecule has 1 aliphatic heterocycles. The molecule has 0 spiro atoms. The molecule has 0 aromatic heterocycles. The van der Waals surface area contributed by atoms with Gasteiger partial charge in [-0.2, -0.15) is 0 Å². The molecule has 1 heterocycles. The molecule has 128 valence electrons. The van der Waals surface area contributed by atoms with Crippen LogP contribution in [0, 0.1) is 0 Å². The van der Waals surface area contributed by atoms with Crippen LogP contribution in [0.1, 0.15) is 11.1 Å². The van der Waals surface area contributed by atoms with Crippen molar-refractivity contribution >= 4 is 17.8 Å². The number of Topliss-reactive ketones (excluding diaryl/α,β-unsaturated/α-hetero) is 1. The van der Waals surface area contributed by atoms with Gasteiger partial charge in [0.15, 0.2) is 11.5 Å². The Balaban J connectivity index is 1.73. The van der Waals surface area contributed by atoms with Crippen LogP contribution in [0.5, 0.6) is 11.5 Å². The highest BCUT2D eigenvalue weighted by molar-refractivity contribution is 6.45. The van der Waals surface area contributed by atoms with E-state index >= 15 is 0 Å². The summed E-state index contributed by atoms with van der Waals surface area (Å²) in [5.74, 6) is -0.581. The molecule has 0 aliphatic carbocycles. The fourth-order valence-electron chi connectivity index (χ4n) is 2.82. The average Bonchev–Trinajstić information content (AvgIpc) is 2.90. The minimum Gasteiger partial charge on any atom is -0.504 e. The lowest BCUT2D eigenvalue weighted by Crippen LogP contribution is -2.29. The van der Waals surface area contributed by atoms with Gasteiger partial charge in [-0.25, -0.2) is 0 Å². The van der Waals surface area contributed by atoms with Crippen LogP contribution in [-0.2, 0) is 16.0 Å². The Hall–Kier alpha value is -3.08. The first-order valence-electron chi connectivity index (χ1n) is 8.03. The molecular formula is C20H19NO4. The van der Waals surface area contributed by atoms with Gasteiger partial charge in [-0.05, 0) is 35.8 Å². The van der Waals surface area contributed by atoms with E-state index in [1.54, 1.807) is 23.1 Å². The second-order valence-corrected chi connectivity index (χ2v) is 5.89. The molecule has 2 aromatic rings. The molecule has 1 amide bonds. The van der Waals surface area contributed by atoms with Crippen LogP contribution >= 0.6 is 0 Å². The summed E-state index contributed by atoms with van der Waals surface area (Å²) in [5, 5.41) is 9.64. The van der Waals surface area contributed by atoms with Crippen molar-refractivity contribution in [3.8, 4) is 11.5 Å². The van der Waals surface area contributed by atoms with Crippen LogP contribution in [0.25, 0.3) is 6.08 Å². The third kappa shape index (κ3) is 3.71. The molecule has 0 unspecified atom stereocenters. The maximum Gasteiger partial charge on any atom is 0.294 e. The number of carbonyl (C=O) groups is 2. The number of carbonyl (C=O) groups excluding carboxylic acids is 2. The zero-order chi connectivity index (χ0) is 17.8. The minimum atomic E-state index is -0.472. The molecule has 3 rings (SSSR count). The van der Waals surface area contributed by atoms with Crippen molar-refractivity contribution < 1.29 is 19.4 Å². The highest BCUT2D eigenvalue weighted by Crippen LogP contribution is 2.28. The third-order valence-corrected chi connectivity index (χ3v) is 4.19. The van der Waals surface area contributed by atoms with Gasteiger partial charge >= 0.3 is 0 Å². The van der Waals surface area contributed by atoms with E-state index < -0.39 is 11.7 Å². The molecule has 0 bridgehead atoms. The SMILES string of the molecule is COc1cc(C=C2CN(CCc3ccccc3)C(=O)C2=O)ccc1O. The average molecular weight is 337 g/mol. The number of rotatable bonds is 5. The van der Waals surface area contributed by atoms with E-state index in [2.05, 4.69) is 0 Å². The number of aromatic hydroxyl groups is 1. The van der Waals surface area contributed by atoms with Crippen molar-refractivity contribution in [2.75, 3.05) is 20.2 Å². The number of hydrogen-bond donors (Lipinski definition) is 1. The van der Waals surface area contributed by atoms with E-state index in [9.17, 15) is 14.7 Å². The third-order valence-electron chi connectivity index (χ3n) is 4.19. The summed E-state index contributed by atoms with van der Waals surface area (Å²) >= 11 is 0. The van der Waals surface area contributed by atoms with Gasteiger partial charge in [-0.1, -0.05) is 36.4 Å². The molecule has 5 nitrogen and oxygen atoms in total. The Labute approximate surface area is 146 Å². The van der Waals surface area contributed by atoms with Crippen molar-refractivity contribution in [3.63, 3.8) is 0 Å². The molecule has 0 atom stereocenters. The molecule has 1 saturated heterocycles. The van der Waals surface area contributed by atoms with Crippen LogP contribution in [-0.4, -0.2) is 41.9 Å². The highest BCUT2D eigenvalue weighted by Gasteiger charge is 2.33. The van der Waals surface area contributed by atoms with Gasteiger partial charge in [0, 0.05) is 12.1 Å². The monoisotopic (exact) mass is 337 g/mol. The van der Waals surface area contributed by atoms with Gasteiger partial charge in [-0.15, -0.1) is 0 Å². The molecule has 1 fully saturated rings. The number of amides is 1. The van der Waals surface area contributed by atoms with Gasteiger partial charge in [-0.3, -0.25) is 9.59 Å².